The van der Waals surface area contributed by atoms with Crippen molar-refractivity contribution in [2.45, 2.75) is 20.0 Å². The molecule has 1 heterocycles. The van der Waals surface area contributed by atoms with Crippen LogP contribution in [0.15, 0.2) is 72.4 Å². The lowest BCUT2D eigenvalue weighted by Gasteiger charge is -2.16. The van der Waals surface area contributed by atoms with Crippen LogP contribution in [0.25, 0.3) is 5.57 Å². The highest BCUT2D eigenvalue weighted by atomic mass is 35.5. The average molecular weight is 469 g/mol. The smallest absolute Gasteiger partial charge is 0.282 e. The molecule has 1 N–H and O–H groups in total. The minimum absolute atomic E-state index is 0.00350. The number of ether oxygens (including phenoxy) is 1. The van der Waals surface area contributed by atoms with Crippen molar-refractivity contribution in [1.82, 2.24) is 0 Å². The summed E-state index contributed by atoms with van der Waals surface area (Å²) in [6.45, 7) is 3.81. The molecule has 0 saturated heterocycles. The number of amides is 2. The fourth-order valence-corrected chi connectivity index (χ4v) is 3.57. The molecule has 0 bridgehead atoms. The van der Waals surface area contributed by atoms with Gasteiger partial charge in [-0.1, -0.05) is 23.7 Å². The Morgan fingerprint density at radius 1 is 0.909 bits per heavy atom. The third kappa shape index (κ3) is 4.59. The van der Waals surface area contributed by atoms with Gasteiger partial charge < -0.3 is 10.1 Å². The number of imide groups is 1. The number of nitrogens with zero attached hydrogens (tertiary/aromatic N) is 1. The van der Waals surface area contributed by atoms with Gasteiger partial charge in [0.05, 0.1) is 17.4 Å². The Hall–Kier alpha value is -3.71. The fourth-order valence-electron chi connectivity index (χ4n) is 3.44. The molecule has 0 spiro atoms. The van der Waals surface area contributed by atoms with Gasteiger partial charge in [-0.3, -0.25) is 9.59 Å². The van der Waals surface area contributed by atoms with Crippen molar-refractivity contribution in [3.05, 3.63) is 94.6 Å². The van der Waals surface area contributed by atoms with Gasteiger partial charge in [0.25, 0.3) is 11.8 Å². The molecule has 0 aliphatic carbocycles. The van der Waals surface area contributed by atoms with Crippen LogP contribution < -0.4 is 15.0 Å². The lowest BCUT2D eigenvalue weighted by molar-refractivity contribution is -0.120. The molecule has 3 aromatic rings. The van der Waals surface area contributed by atoms with Crippen LogP contribution in [0.5, 0.6) is 5.75 Å². The Balaban J connectivity index is 1.76. The maximum Gasteiger partial charge on any atom is 0.282 e. The normalized spacial score (nSPS) is 13.8. The first kappa shape index (κ1) is 22.5. The number of hydrogen-bond donors (Lipinski definition) is 1. The predicted octanol–water partition coefficient (Wildman–Crippen LogP) is 5.80. The first-order valence-electron chi connectivity index (χ1n) is 10.1. The number of benzene rings is 3. The Kier molecular flexibility index (Phi) is 6.16. The highest BCUT2D eigenvalue weighted by Gasteiger charge is 2.41. The van der Waals surface area contributed by atoms with Crippen molar-refractivity contribution in [3.8, 4) is 5.75 Å². The van der Waals surface area contributed by atoms with Crippen LogP contribution in [-0.4, -0.2) is 17.9 Å². The summed E-state index contributed by atoms with van der Waals surface area (Å²) in [5.74, 6) is -2.70. The molecule has 3 aromatic carbocycles. The summed E-state index contributed by atoms with van der Waals surface area (Å²) in [5.41, 5.74) is 0.613. The van der Waals surface area contributed by atoms with E-state index in [2.05, 4.69) is 5.32 Å². The topological polar surface area (TPSA) is 58.6 Å². The molecule has 2 amide bonds. The van der Waals surface area contributed by atoms with Gasteiger partial charge in [-0.25, -0.2) is 13.7 Å². The SMILES string of the molecule is CC(C)Oc1ccc(NC2=C(c3ccc(Cl)cc3)C(=O)N(c3ccc(F)cc3F)C2=O)cc1. The molecule has 5 nitrogen and oxygen atoms in total. The molecule has 1 aliphatic heterocycles. The van der Waals surface area contributed by atoms with Crippen molar-refractivity contribution >= 4 is 40.4 Å². The first-order valence-corrected chi connectivity index (χ1v) is 10.5. The number of hydrogen-bond acceptors (Lipinski definition) is 4. The van der Waals surface area contributed by atoms with Crippen molar-refractivity contribution in [3.63, 3.8) is 0 Å². The van der Waals surface area contributed by atoms with Gasteiger partial charge in [-0.15, -0.1) is 0 Å². The van der Waals surface area contributed by atoms with Crippen LogP contribution in [0.2, 0.25) is 5.02 Å². The number of carbonyl (C=O) groups is 2. The van der Waals surface area contributed by atoms with Crippen molar-refractivity contribution in [2.75, 3.05) is 10.2 Å². The number of rotatable bonds is 6. The fraction of sp³-hybridized carbons (Fsp3) is 0.120. The van der Waals surface area contributed by atoms with E-state index in [1.807, 2.05) is 13.8 Å². The minimum atomic E-state index is -1.02. The standard InChI is InChI=1S/C25H19ClF2N2O3/c1-14(2)33-19-10-8-18(9-11-19)29-23-22(15-3-5-16(26)6-4-15)24(31)30(25(23)32)21-12-7-17(27)13-20(21)28/h3-14,29H,1-2H3. The highest BCUT2D eigenvalue weighted by molar-refractivity contribution is 6.46. The van der Waals surface area contributed by atoms with E-state index in [1.165, 1.54) is 0 Å². The summed E-state index contributed by atoms with van der Waals surface area (Å²) in [4.78, 5) is 27.3. The third-order valence-electron chi connectivity index (χ3n) is 4.86. The number of halogens is 3. The molecular formula is C25H19ClF2N2O3. The highest BCUT2D eigenvalue weighted by Crippen LogP contribution is 2.35. The van der Waals surface area contributed by atoms with E-state index in [0.29, 0.717) is 33.0 Å². The first-order chi connectivity index (χ1) is 15.7. The molecule has 0 radical (unpaired) electrons. The molecule has 4 rings (SSSR count). The predicted molar refractivity (Wildman–Crippen MR) is 123 cm³/mol. The van der Waals surface area contributed by atoms with E-state index >= 15 is 0 Å². The van der Waals surface area contributed by atoms with Gasteiger partial charge in [0, 0.05) is 16.8 Å². The van der Waals surface area contributed by atoms with Crippen LogP contribution in [0.4, 0.5) is 20.2 Å². The van der Waals surface area contributed by atoms with Gasteiger partial charge in [0.1, 0.15) is 23.1 Å². The lowest BCUT2D eigenvalue weighted by Crippen LogP contribution is -2.33. The summed E-state index contributed by atoms with van der Waals surface area (Å²) >= 11 is 5.97. The third-order valence-corrected chi connectivity index (χ3v) is 5.11. The summed E-state index contributed by atoms with van der Waals surface area (Å²) in [6, 6.07) is 15.9. The zero-order valence-corrected chi connectivity index (χ0v) is 18.5. The number of nitrogens with one attached hydrogen (secondary N) is 1. The van der Waals surface area contributed by atoms with Gasteiger partial charge in [0.2, 0.25) is 0 Å². The van der Waals surface area contributed by atoms with E-state index in [-0.39, 0.29) is 23.1 Å². The van der Waals surface area contributed by atoms with Gasteiger partial charge in [0.15, 0.2) is 0 Å². The average Bonchev–Trinajstić information content (AvgIpc) is 3.00. The van der Waals surface area contributed by atoms with E-state index in [1.54, 1.807) is 48.5 Å². The maximum absolute atomic E-state index is 14.5. The Bertz CT molecular complexity index is 1260. The molecule has 1 aliphatic rings. The summed E-state index contributed by atoms with van der Waals surface area (Å²) in [6.07, 6.45) is -0.00350. The maximum atomic E-state index is 14.5. The molecule has 0 saturated carbocycles. The van der Waals surface area contributed by atoms with Crippen molar-refractivity contribution in [2.24, 2.45) is 0 Å². The van der Waals surface area contributed by atoms with E-state index in [0.717, 1.165) is 12.1 Å². The minimum Gasteiger partial charge on any atom is -0.491 e. The monoisotopic (exact) mass is 468 g/mol. The Labute approximate surface area is 194 Å². The lowest BCUT2D eigenvalue weighted by atomic mass is 10.0. The molecular weight excluding hydrogens is 450 g/mol. The van der Waals surface area contributed by atoms with E-state index < -0.39 is 23.4 Å². The largest absolute Gasteiger partial charge is 0.491 e. The molecule has 0 atom stereocenters. The Morgan fingerprint density at radius 3 is 2.18 bits per heavy atom. The second-order valence-corrected chi connectivity index (χ2v) is 8.05. The molecule has 0 fully saturated rings. The molecule has 8 heteroatoms. The summed E-state index contributed by atoms with van der Waals surface area (Å²) in [5, 5.41) is 3.43. The second kappa shape index (κ2) is 9.03. The van der Waals surface area contributed by atoms with Crippen LogP contribution in [0.3, 0.4) is 0 Å². The van der Waals surface area contributed by atoms with Gasteiger partial charge in [-0.2, -0.15) is 0 Å². The molecule has 168 valence electrons. The van der Waals surface area contributed by atoms with Crippen LogP contribution in [0.1, 0.15) is 19.4 Å². The number of carbonyl (C=O) groups excluding carboxylic acids is 2. The van der Waals surface area contributed by atoms with E-state index in [9.17, 15) is 18.4 Å². The van der Waals surface area contributed by atoms with Crippen LogP contribution in [-0.2, 0) is 9.59 Å². The molecule has 0 unspecified atom stereocenters. The Morgan fingerprint density at radius 2 is 1.58 bits per heavy atom. The van der Waals surface area contributed by atoms with Crippen molar-refractivity contribution in [1.29, 1.82) is 0 Å². The van der Waals surface area contributed by atoms with Gasteiger partial charge >= 0.3 is 0 Å². The quantitative estimate of drug-likeness (QED) is 0.464. The van der Waals surface area contributed by atoms with Crippen molar-refractivity contribution < 1.29 is 23.1 Å². The van der Waals surface area contributed by atoms with Gasteiger partial charge in [-0.05, 0) is 67.9 Å². The van der Waals surface area contributed by atoms with E-state index in [4.69, 9.17) is 16.3 Å². The molecule has 0 aromatic heterocycles. The van der Waals surface area contributed by atoms with Crippen LogP contribution >= 0.6 is 11.6 Å². The zero-order chi connectivity index (χ0) is 23.7. The summed E-state index contributed by atoms with van der Waals surface area (Å²) in [7, 11) is 0. The number of anilines is 2. The zero-order valence-electron chi connectivity index (χ0n) is 17.7. The summed E-state index contributed by atoms with van der Waals surface area (Å²) < 4.78 is 33.5. The van der Waals surface area contributed by atoms with Crippen LogP contribution in [0, 0.1) is 11.6 Å². The molecule has 33 heavy (non-hydrogen) atoms. The second-order valence-electron chi connectivity index (χ2n) is 7.61.